The molecule has 190 valence electrons. The molecule has 0 radical (unpaired) electrons. The molecule has 1 aromatic carbocycles. The van der Waals surface area contributed by atoms with Crippen molar-refractivity contribution in [2.24, 2.45) is 0 Å². The quantitative estimate of drug-likeness (QED) is 0.316. The van der Waals surface area contributed by atoms with E-state index in [4.69, 9.17) is 13.3 Å². The minimum Gasteiger partial charge on any atom is -0.542 e. The van der Waals surface area contributed by atoms with E-state index in [2.05, 4.69) is 39.3 Å². The molecule has 0 spiro atoms. The van der Waals surface area contributed by atoms with Crippen molar-refractivity contribution in [3.63, 3.8) is 0 Å². The number of alkyl halides is 3. The Hall–Kier alpha value is -1.31. The topological polar surface area (TPSA) is 48.0 Å². The molecule has 5 nitrogen and oxygen atoms in total. The van der Waals surface area contributed by atoms with Crippen LogP contribution in [-0.4, -0.2) is 54.5 Å². The van der Waals surface area contributed by atoms with Crippen molar-refractivity contribution in [2.75, 3.05) is 6.54 Å². The van der Waals surface area contributed by atoms with Gasteiger partial charge >= 0.3 is 12.1 Å². The number of halogens is 3. The average molecular weight is 524 g/mol. The monoisotopic (exact) mass is 523 g/mol. The molecule has 0 aromatic heterocycles. The Labute approximate surface area is 200 Å². The van der Waals surface area contributed by atoms with Gasteiger partial charge in [-0.25, -0.2) is 0 Å². The molecule has 0 aliphatic rings. The third-order valence-electron chi connectivity index (χ3n) is 4.16. The molecule has 0 saturated carbocycles. The number of nitrogens with zero attached hydrogens (tertiary/aromatic N) is 1. The van der Waals surface area contributed by atoms with Gasteiger partial charge in [0.1, 0.15) is 11.5 Å². The lowest BCUT2D eigenvalue weighted by molar-refractivity contribution is -0.188. The first-order valence-electron chi connectivity index (χ1n) is 11.2. The molecule has 0 aliphatic carbocycles. The van der Waals surface area contributed by atoms with Crippen LogP contribution in [0.25, 0.3) is 0 Å². The molecule has 1 amide bonds. The summed E-state index contributed by atoms with van der Waals surface area (Å²) in [6.45, 7) is 21.2. The van der Waals surface area contributed by atoms with Crippen molar-refractivity contribution in [1.29, 1.82) is 0 Å². The molecule has 1 rings (SSSR count). The van der Waals surface area contributed by atoms with Gasteiger partial charge in [-0.15, -0.1) is 0 Å². The molecule has 0 bridgehead atoms. The summed E-state index contributed by atoms with van der Waals surface area (Å²) in [5.74, 6) is -0.672. The van der Waals surface area contributed by atoms with Crippen molar-refractivity contribution < 1.29 is 31.2 Å². The van der Waals surface area contributed by atoms with Gasteiger partial charge in [0.25, 0.3) is 0 Å². The van der Waals surface area contributed by atoms with Crippen LogP contribution in [0, 0.1) is 0 Å². The maximum atomic E-state index is 13.3. The van der Waals surface area contributed by atoms with E-state index in [0.717, 1.165) is 4.90 Å². The van der Waals surface area contributed by atoms with Gasteiger partial charge in [0.2, 0.25) is 16.6 Å². The first-order chi connectivity index (χ1) is 14.6. The standard InChI is InChI=1S/C22H40F3NO4Si3/c1-16(2)26(21(27)22(23,24)25)15-20(30-33(9,10)11)17-12-13-18(28-31(3,4)5)19(14-17)29-32(6,7)8/h12-14,16,20H,15H2,1-11H3. The summed E-state index contributed by atoms with van der Waals surface area (Å²) in [6, 6.07) is 4.76. The lowest BCUT2D eigenvalue weighted by atomic mass is 10.1. The second-order valence-corrected chi connectivity index (χ2v) is 24.7. The van der Waals surface area contributed by atoms with Gasteiger partial charge in [-0.3, -0.25) is 4.79 Å². The molecule has 0 fully saturated rings. The predicted octanol–water partition coefficient (Wildman–Crippen LogP) is 6.81. The second-order valence-electron chi connectivity index (χ2n) is 11.4. The fourth-order valence-electron chi connectivity index (χ4n) is 3.06. The zero-order chi connectivity index (χ0) is 26.0. The van der Waals surface area contributed by atoms with Crippen molar-refractivity contribution in [2.45, 2.75) is 91.1 Å². The Kier molecular flexibility index (Phi) is 9.48. The van der Waals surface area contributed by atoms with Gasteiger partial charge in [0.15, 0.2) is 8.32 Å². The maximum Gasteiger partial charge on any atom is 0.471 e. The van der Waals surface area contributed by atoms with Crippen LogP contribution in [0.4, 0.5) is 13.2 Å². The van der Waals surface area contributed by atoms with Crippen molar-refractivity contribution in [1.82, 2.24) is 4.90 Å². The van der Waals surface area contributed by atoms with Crippen molar-refractivity contribution in [3.05, 3.63) is 23.8 Å². The van der Waals surface area contributed by atoms with Gasteiger partial charge in [-0.1, -0.05) is 6.07 Å². The summed E-state index contributed by atoms with van der Waals surface area (Å²) in [5.41, 5.74) is 0.661. The average Bonchev–Trinajstić information content (AvgIpc) is 2.54. The SMILES string of the molecule is CC(C)N(CC(O[Si](C)(C)C)c1ccc(O[Si](C)(C)C)c(O[Si](C)(C)C)c1)C(=O)C(F)(F)F. The maximum absolute atomic E-state index is 13.3. The van der Waals surface area contributed by atoms with E-state index in [1.807, 2.05) is 19.6 Å². The van der Waals surface area contributed by atoms with Gasteiger partial charge < -0.3 is 18.2 Å². The summed E-state index contributed by atoms with van der Waals surface area (Å²) >= 11 is 0. The van der Waals surface area contributed by atoms with Crippen LogP contribution in [0.5, 0.6) is 11.5 Å². The first-order valence-corrected chi connectivity index (χ1v) is 21.4. The van der Waals surface area contributed by atoms with Gasteiger partial charge in [0, 0.05) is 6.04 Å². The highest BCUT2D eigenvalue weighted by Gasteiger charge is 2.44. The zero-order valence-corrected chi connectivity index (χ0v) is 24.8. The number of benzene rings is 1. The van der Waals surface area contributed by atoms with E-state index < -0.39 is 49.2 Å². The normalized spacial score (nSPS) is 14.3. The molecule has 33 heavy (non-hydrogen) atoms. The summed E-state index contributed by atoms with van der Waals surface area (Å²) < 4.78 is 58.6. The Morgan fingerprint density at radius 2 is 1.36 bits per heavy atom. The molecular weight excluding hydrogens is 483 g/mol. The first kappa shape index (κ1) is 29.7. The number of hydrogen-bond acceptors (Lipinski definition) is 4. The highest BCUT2D eigenvalue weighted by Crippen LogP contribution is 2.36. The van der Waals surface area contributed by atoms with Crippen molar-refractivity contribution >= 4 is 30.9 Å². The molecule has 1 aromatic rings. The minimum atomic E-state index is -4.95. The molecule has 0 N–H and O–H groups in total. The van der Waals surface area contributed by atoms with Crippen LogP contribution < -0.4 is 8.85 Å². The van der Waals surface area contributed by atoms with E-state index in [0.29, 0.717) is 17.1 Å². The summed E-state index contributed by atoms with van der Waals surface area (Å²) in [4.78, 5) is 13.0. The number of rotatable bonds is 10. The Bertz CT molecular complexity index is 813. The van der Waals surface area contributed by atoms with Crippen LogP contribution in [0.3, 0.4) is 0 Å². The van der Waals surface area contributed by atoms with Crippen LogP contribution in [0.2, 0.25) is 58.9 Å². The van der Waals surface area contributed by atoms with Crippen LogP contribution in [0.15, 0.2) is 18.2 Å². The minimum absolute atomic E-state index is 0.207. The third-order valence-corrected chi connectivity index (χ3v) is 6.81. The van der Waals surface area contributed by atoms with Crippen LogP contribution in [-0.2, 0) is 9.22 Å². The predicted molar refractivity (Wildman–Crippen MR) is 134 cm³/mol. The second kappa shape index (κ2) is 10.5. The number of hydrogen-bond donors (Lipinski definition) is 0. The van der Waals surface area contributed by atoms with E-state index in [9.17, 15) is 18.0 Å². The number of carbonyl (C=O) groups is 1. The molecule has 1 atom stereocenters. The Morgan fingerprint density at radius 1 is 0.879 bits per heavy atom. The molecule has 0 aliphatic heterocycles. The number of amides is 1. The summed E-state index contributed by atoms with van der Waals surface area (Å²) in [5, 5.41) is 0. The summed E-state index contributed by atoms with van der Waals surface area (Å²) in [6.07, 6.45) is -5.68. The van der Waals surface area contributed by atoms with Crippen molar-refractivity contribution in [3.8, 4) is 11.5 Å². The summed E-state index contributed by atoms with van der Waals surface area (Å²) in [7, 11) is -6.12. The molecule has 0 heterocycles. The van der Waals surface area contributed by atoms with Crippen LogP contribution >= 0.6 is 0 Å². The smallest absolute Gasteiger partial charge is 0.471 e. The van der Waals surface area contributed by atoms with E-state index >= 15 is 0 Å². The van der Waals surface area contributed by atoms with Gasteiger partial charge in [0.05, 0.1) is 12.6 Å². The molecule has 0 saturated heterocycles. The fraction of sp³-hybridized carbons (Fsp3) is 0.682. The van der Waals surface area contributed by atoms with Gasteiger partial charge in [-0.2, -0.15) is 13.2 Å². The lowest BCUT2D eigenvalue weighted by Crippen LogP contribution is -2.48. The molecule has 11 heteroatoms. The van der Waals surface area contributed by atoms with Gasteiger partial charge in [-0.05, 0) is 90.5 Å². The fourth-order valence-corrected chi connectivity index (χ4v) is 5.77. The Morgan fingerprint density at radius 3 is 1.76 bits per heavy atom. The largest absolute Gasteiger partial charge is 0.542 e. The van der Waals surface area contributed by atoms with E-state index in [-0.39, 0.29) is 6.54 Å². The van der Waals surface area contributed by atoms with E-state index in [1.54, 1.807) is 32.0 Å². The van der Waals surface area contributed by atoms with Crippen LogP contribution in [0.1, 0.15) is 25.5 Å². The third kappa shape index (κ3) is 10.7. The highest BCUT2D eigenvalue weighted by atomic mass is 28.4. The number of carbonyl (C=O) groups excluding carboxylic acids is 1. The lowest BCUT2D eigenvalue weighted by Gasteiger charge is -2.35. The highest BCUT2D eigenvalue weighted by molar-refractivity contribution is 6.71. The van der Waals surface area contributed by atoms with E-state index in [1.165, 1.54) is 0 Å². The molecular formula is C22H40F3NO4Si3. The molecule has 1 unspecified atom stereocenters. The Balaban J connectivity index is 3.52. The zero-order valence-electron chi connectivity index (χ0n) is 21.8.